The SMILES string of the molecule is C#CCC(CC)NC(=O)Nc1ccc(OC(F)(F)F)cc1. The van der Waals surface area contributed by atoms with Gasteiger partial charge in [0.25, 0.3) is 0 Å². The smallest absolute Gasteiger partial charge is 0.406 e. The normalized spacial score (nSPS) is 12.1. The molecule has 7 heteroatoms. The highest BCUT2D eigenvalue weighted by atomic mass is 19.4. The van der Waals surface area contributed by atoms with Crippen LogP contribution in [0.3, 0.4) is 0 Å². The van der Waals surface area contributed by atoms with E-state index in [-0.39, 0.29) is 11.8 Å². The van der Waals surface area contributed by atoms with Gasteiger partial charge >= 0.3 is 12.4 Å². The predicted molar refractivity (Wildman–Crippen MR) is 72.8 cm³/mol. The van der Waals surface area contributed by atoms with Crippen molar-refractivity contribution < 1.29 is 22.7 Å². The fraction of sp³-hybridized carbons (Fsp3) is 0.357. The third kappa shape index (κ3) is 6.56. The van der Waals surface area contributed by atoms with E-state index in [9.17, 15) is 18.0 Å². The van der Waals surface area contributed by atoms with Crippen LogP contribution in [-0.2, 0) is 0 Å². The van der Waals surface area contributed by atoms with Crippen LogP contribution >= 0.6 is 0 Å². The summed E-state index contributed by atoms with van der Waals surface area (Å²) in [7, 11) is 0. The third-order valence-electron chi connectivity index (χ3n) is 2.54. The zero-order valence-corrected chi connectivity index (χ0v) is 11.3. The number of hydrogen-bond donors (Lipinski definition) is 2. The van der Waals surface area contributed by atoms with Crippen LogP contribution < -0.4 is 15.4 Å². The first-order chi connectivity index (χ1) is 9.84. The zero-order chi connectivity index (χ0) is 15.9. The van der Waals surface area contributed by atoms with E-state index in [0.717, 1.165) is 12.1 Å². The first kappa shape index (κ1) is 16.7. The van der Waals surface area contributed by atoms with E-state index in [1.807, 2.05) is 6.92 Å². The van der Waals surface area contributed by atoms with Crippen molar-refractivity contribution in [2.75, 3.05) is 5.32 Å². The van der Waals surface area contributed by atoms with Gasteiger partial charge in [0.05, 0.1) is 0 Å². The van der Waals surface area contributed by atoms with Crippen LogP contribution in [0.1, 0.15) is 19.8 Å². The average Bonchev–Trinajstić information content (AvgIpc) is 2.39. The first-order valence-corrected chi connectivity index (χ1v) is 6.21. The van der Waals surface area contributed by atoms with Crippen molar-refractivity contribution >= 4 is 11.7 Å². The van der Waals surface area contributed by atoms with Crippen LogP contribution in [0.25, 0.3) is 0 Å². The molecule has 1 aromatic rings. The summed E-state index contributed by atoms with van der Waals surface area (Å²) in [5, 5.41) is 5.16. The van der Waals surface area contributed by atoms with Crippen LogP contribution in [-0.4, -0.2) is 18.4 Å². The summed E-state index contributed by atoms with van der Waals surface area (Å²) in [6.45, 7) is 1.88. The van der Waals surface area contributed by atoms with Gasteiger partial charge in [0.1, 0.15) is 5.75 Å². The molecule has 0 fully saturated rings. The van der Waals surface area contributed by atoms with Crippen LogP contribution in [0.15, 0.2) is 24.3 Å². The Bertz CT molecular complexity index is 506. The van der Waals surface area contributed by atoms with Crippen molar-refractivity contribution in [3.63, 3.8) is 0 Å². The molecule has 0 heterocycles. The van der Waals surface area contributed by atoms with Crippen LogP contribution in [0, 0.1) is 12.3 Å². The summed E-state index contributed by atoms with van der Waals surface area (Å²) < 4.78 is 39.7. The molecule has 0 aromatic heterocycles. The molecular formula is C14H15F3N2O2. The molecule has 0 radical (unpaired) electrons. The molecular weight excluding hydrogens is 285 g/mol. The molecule has 114 valence electrons. The minimum atomic E-state index is -4.74. The quantitative estimate of drug-likeness (QED) is 0.818. The van der Waals surface area contributed by atoms with Crippen molar-refractivity contribution in [2.45, 2.75) is 32.2 Å². The molecule has 0 aliphatic carbocycles. The number of ether oxygens (including phenoxy) is 1. The number of rotatable bonds is 5. The van der Waals surface area contributed by atoms with Gasteiger partial charge in [-0.25, -0.2) is 4.79 Å². The monoisotopic (exact) mass is 300 g/mol. The van der Waals surface area contributed by atoms with E-state index in [2.05, 4.69) is 21.3 Å². The van der Waals surface area contributed by atoms with E-state index in [1.165, 1.54) is 12.1 Å². The average molecular weight is 300 g/mol. The first-order valence-electron chi connectivity index (χ1n) is 6.21. The number of alkyl halides is 3. The molecule has 0 bridgehead atoms. The number of benzene rings is 1. The molecule has 1 atom stereocenters. The second-order valence-electron chi connectivity index (χ2n) is 4.18. The number of halogens is 3. The lowest BCUT2D eigenvalue weighted by atomic mass is 10.1. The minimum absolute atomic E-state index is 0.150. The van der Waals surface area contributed by atoms with Gasteiger partial charge in [-0.05, 0) is 30.7 Å². The van der Waals surface area contributed by atoms with Gasteiger partial charge in [0.2, 0.25) is 0 Å². The Balaban J connectivity index is 2.55. The predicted octanol–water partition coefficient (Wildman–Crippen LogP) is 3.51. The van der Waals surface area contributed by atoms with Gasteiger partial charge in [-0.1, -0.05) is 6.92 Å². The van der Waals surface area contributed by atoms with Crippen LogP contribution in [0.4, 0.5) is 23.7 Å². The van der Waals surface area contributed by atoms with Gasteiger partial charge in [-0.15, -0.1) is 25.5 Å². The number of nitrogens with one attached hydrogen (secondary N) is 2. The summed E-state index contributed by atoms with van der Waals surface area (Å²) in [6.07, 6.45) is 1.51. The van der Waals surface area contributed by atoms with Gasteiger partial charge in [-0.2, -0.15) is 0 Å². The molecule has 0 spiro atoms. The van der Waals surface area contributed by atoms with E-state index in [1.54, 1.807) is 0 Å². The van der Waals surface area contributed by atoms with E-state index < -0.39 is 12.4 Å². The van der Waals surface area contributed by atoms with Crippen molar-refractivity contribution in [2.24, 2.45) is 0 Å². The standard InChI is InChI=1S/C14H15F3N2O2/c1-3-5-10(4-2)18-13(20)19-11-6-8-12(9-7-11)21-14(15,16)17/h1,6-10H,4-5H2,2H3,(H2,18,19,20). The lowest BCUT2D eigenvalue weighted by molar-refractivity contribution is -0.274. The lowest BCUT2D eigenvalue weighted by Gasteiger charge is -2.15. The fourth-order valence-electron chi connectivity index (χ4n) is 1.53. The summed E-state index contributed by atoms with van der Waals surface area (Å²) in [4.78, 5) is 11.7. The van der Waals surface area contributed by atoms with Crippen molar-refractivity contribution in [1.29, 1.82) is 0 Å². The molecule has 4 nitrogen and oxygen atoms in total. The Kier molecular flexibility index (Phi) is 5.91. The molecule has 1 rings (SSSR count). The minimum Gasteiger partial charge on any atom is -0.406 e. The molecule has 1 aromatic carbocycles. The van der Waals surface area contributed by atoms with Crippen molar-refractivity contribution in [3.8, 4) is 18.1 Å². The molecule has 2 amide bonds. The number of carbonyl (C=O) groups excluding carboxylic acids is 1. The number of anilines is 1. The third-order valence-corrected chi connectivity index (χ3v) is 2.54. The van der Waals surface area contributed by atoms with Crippen molar-refractivity contribution in [1.82, 2.24) is 5.32 Å². The largest absolute Gasteiger partial charge is 0.573 e. The van der Waals surface area contributed by atoms with Crippen LogP contribution in [0.2, 0.25) is 0 Å². The Hall–Kier alpha value is -2.36. The van der Waals surface area contributed by atoms with Gasteiger partial charge in [0, 0.05) is 18.2 Å². The number of hydrogen-bond acceptors (Lipinski definition) is 2. The van der Waals surface area contributed by atoms with Gasteiger partial charge in [0.15, 0.2) is 0 Å². The summed E-state index contributed by atoms with van der Waals surface area (Å²) in [5.41, 5.74) is 0.345. The Labute approximate surface area is 120 Å². The molecule has 0 aliphatic rings. The number of carbonyl (C=O) groups is 1. The molecule has 2 N–H and O–H groups in total. The maximum atomic E-state index is 12.0. The van der Waals surface area contributed by atoms with Crippen molar-refractivity contribution in [3.05, 3.63) is 24.3 Å². The van der Waals surface area contributed by atoms with Gasteiger partial charge < -0.3 is 15.4 Å². The maximum absolute atomic E-state index is 12.0. The van der Waals surface area contributed by atoms with E-state index in [0.29, 0.717) is 18.5 Å². The topological polar surface area (TPSA) is 50.4 Å². The Morgan fingerprint density at radius 3 is 2.48 bits per heavy atom. The number of terminal acetylenes is 1. The summed E-state index contributed by atoms with van der Waals surface area (Å²) in [5.74, 6) is 2.10. The van der Waals surface area contributed by atoms with E-state index >= 15 is 0 Å². The molecule has 21 heavy (non-hydrogen) atoms. The lowest BCUT2D eigenvalue weighted by Crippen LogP contribution is -2.37. The number of urea groups is 1. The Morgan fingerprint density at radius 2 is 2.00 bits per heavy atom. The second kappa shape index (κ2) is 7.43. The van der Waals surface area contributed by atoms with E-state index in [4.69, 9.17) is 6.42 Å². The summed E-state index contributed by atoms with van der Waals surface area (Å²) >= 11 is 0. The second-order valence-corrected chi connectivity index (χ2v) is 4.18. The highest BCUT2D eigenvalue weighted by Crippen LogP contribution is 2.23. The Morgan fingerprint density at radius 1 is 1.38 bits per heavy atom. The molecule has 0 aliphatic heterocycles. The highest BCUT2D eigenvalue weighted by molar-refractivity contribution is 5.89. The highest BCUT2D eigenvalue weighted by Gasteiger charge is 2.30. The maximum Gasteiger partial charge on any atom is 0.573 e. The molecule has 1 unspecified atom stereocenters. The van der Waals surface area contributed by atoms with Gasteiger partial charge in [-0.3, -0.25) is 0 Å². The molecule has 0 saturated carbocycles. The fourth-order valence-corrected chi connectivity index (χ4v) is 1.53. The van der Waals surface area contributed by atoms with Crippen LogP contribution in [0.5, 0.6) is 5.75 Å². The zero-order valence-electron chi connectivity index (χ0n) is 11.3. The number of amides is 2. The molecule has 0 saturated heterocycles. The summed E-state index contributed by atoms with van der Waals surface area (Å²) in [6, 6.07) is 4.22.